The van der Waals surface area contributed by atoms with Gasteiger partial charge in [-0.1, -0.05) is 24.3 Å². The number of hydrogen-bond donors (Lipinski definition) is 2. The minimum absolute atomic E-state index is 0.0701. The first-order valence-electron chi connectivity index (χ1n) is 13.9. The molecule has 9 nitrogen and oxygen atoms in total. The molecule has 0 atom stereocenters. The lowest BCUT2D eigenvalue weighted by molar-refractivity contribution is -0.147. The molecule has 1 saturated carbocycles. The van der Waals surface area contributed by atoms with E-state index in [1.54, 1.807) is 18.2 Å². The Balaban J connectivity index is 1.22. The predicted octanol–water partition coefficient (Wildman–Crippen LogP) is 5.42. The summed E-state index contributed by atoms with van der Waals surface area (Å²) >= 11 is 1.04. The molecule has 1 aliphatic carbocycles. The lowest BCUT2D eigenvalue weighted by Gasteiger charge is -2.45. The molecule has 13 heteroatoms. The SMILES string of the molecule is COCc1cc(NC(=O)c2c(C)c(-c3ccc(C(=O)C(=O)NC4(c5nncs5)CC(F)(F)C4)cc3)n3c2CCC3)ccc1F. The molecule has 6 rings (SSSR count). The molecule has 0 spiro atoms. The van der Waals surface area contributed by atoms with Crippen molar-refractivity contribution in [1.82, 2.24) is 20.1 Å². The van der Waals surface area contributed by atoms with E-state index in [1.165, 1.54) is 36.9 Å². The molecule has 2 amide bonds. The number of nitrogens with one attached hydrogen (secondary N) is 2. The van der Waals surface area contributed by atoms with Crippen LogP contribution in [0.25, 0.3) is 11.3 Å². The van der Waals surface area contributed by atoms with E-state index < -0.39 is 41.8 Å². The van der Waals surface area contributed by atoms with E-state index in [9.17, 15) is 27.6 Å². The van der Waals surface area contributed by atoms with Crippen LogP contribution in [0, 0.1) is 12.7 Å². The summed E-state index contributed by atoms with van der Waals surface area (Å²) in [6.07, 6.45) is 0.242. The number of aromatic nitrogens is 3. The third-order valence-corrected chi connectivity index (χ3v) is 9.01. The number of fused-ring (bicyclic) bond motifs is 1. The highest BCUT2D eigenvalue weighted by atomic mass is 32.1. The molecule has 44 heavy (non-hydrogen) atoms. The van der Waals surface area contributed by atoms with Gasteiger partial charge < -0.3 is 19.9 Å². The fourth-order valence-corrected chi connectivity index (χ4v) is 6.90. The number of halogens is 3. The molecule has 228 valence electrons. The average Bonchev–Trinajstić information content (AvgIpc) is 3.72. The Labute approximate surface area is 254 Å². The lowest BCUT2D eigenvalue weighted by Crippen LogP contribution is -2.60. The van der Waals surface area contributed by atoms with Gasteiger partial charge in [0.15, 0.2) is 0 Å². The smallest absolute Gasteiger partial charge is 0.293 e. The van der Waals surface area contributed by atoms with Crippen molar-refractivity contribution in [3.8, 4) is 11.3 Å². The monoisotopic (exact) mass is 623 g/mol. The van der Waals surface area contributed by atoms with E-state index in [1.807, 2.05) is 6.92 Å². The molecular formula is C31H28F3N5O4S. The number of nitrogens with zero attached hydrogens (tertiary/aromatic N) is 3. The summed E-state index contributed by atoms with van der Waals surface area (Å²) in [5, 5.41) is 13.1. The van der Waals surface area contributed by atoms with Crippen molar-refractivity contribution in [3.63, 3.8) is 0 Å². The second kappa shape index (κ2) is 11.3. The van der Waals surface area contributed by atoms with Gasteiger partial charge in [-0.25, -0.2) is 13.2 Å². The summed E-state index contributed by atoms with van der Waals surface area (Å²) < 4.78 is 48.9. The van der Waals surface area contributed by atoms with Crippen molar-refractivity contribution < 1.29 is 32.3 Å². The number of ether oxygens (including phenoxy) is 1. The first kappa shape index (κ1) is 29.7. The van der Waals surface area contributed by atoms with Gasteiger partial charge in [0.25, 0.3) is 17.7 Å². The van der Waals surface area contributed by atoms with Gasteiger partial charge in [-0.2, -0.15) is 0 Å². The maximum absolute atomic E-state index is 14.1. The standard InChI is InChI=1S/C31H28F3N5O4S/c1-17-24(27(41)36-21-9-10-22(32)20(12-21)13-43-2)23-4-3-11-39(23)25(17)18-5-7-19(8-6-18)26(40)28(42)37-30(14-31(33,34)15-30)29-38-35-16-44-29/h5-10,12,16H,3-4,11,13-15H2,1-2H3,(H,36,41)(H,37,42). The number of hydrogen-bond acceptors (Lipinski definition) is 7. The first-order valence-corrected chi connectivity index (χ1v) is 14.8. The van der Waals surface area contributed by atoms with Crippen molar-refractivity contribution in [1.29, 1.82) is 0 Å². The molecular weight excluding hydrogens is 595 g/mol. The molecule has 0 bridgehead atoms. The maximum atomic E-state index is 14.1. The normalized spacial score (nSPS) is 16.2. The van der Waals surface area contributed by atoms with Crippen LogP contribution >= 0.6 is 11.3 Å². The Morgan fingerprint density at radius 2 is 1.86 bits per heavy atom. The third kappa shape index (κ3) is 5.30. The average molecular weight is 624 g/mol. The van der Waals surface area contributed by atoms with Crippen LogP contribution < -0.4 is 10.6 Å². The molecule has 3 heterocycles. The molecule has 1 aliphatic heterocycles. The van der Waals surface area contributed by atoms with Gasteiger partial charge in [0.05, 0.1) is 17.9 Å². The number of rotatable bonds is 9. The van der Waals surface area contributed by atoms with Gasteiger partial charge in [-0.15, -0.1) is 21.5 Å². The Morgan fingerprint density at radius 3 is 2.52 bits per heavy atom. The molecule has 0 saturated heterocycles. The minimum atomic E-state index is -2.97. The van der Waals surface area contributed by atoms with Gasteiger partial charge in [-0.3, -0.25) is 14.4 Å². The van der Waals surface area contributed by atoms with Crippen LogP contribution in [0.1, 0.15) is 61.8 Å². The minimum Gasteiger partial charge on any atom is -0.380 e. The second-order valence-corrected chi connectivity index (χ2v) is 12.0. The Kier molecular flexibility index (Phi) is 7.62. The summed E-state index contributed by atoms with van der Waals surface area (Å²) in [5.41, 5.74) is 4.55. The summed E-state index contributed by atoms with van der Waals surface area (Å²) in [4.78, 5) is 39.4. The van der Waals surface area contributed by atoms with Crippen LogP contribution in [-0.4, -0.2) is 45.4 Å². The van der Waals surface area contributed by atoms with Crippen molar-refractivity contribution in [2.24, 2.45) is 0 Å². The number of ketones is 1. The van der Waals surface area contributed by atoms with Gasteiger partial charge in [0.2, 0.25) is 5.78 Å². The highest BCUT2D eigenvalue weighted by Crippen LogP contribution is 2.52. The Hall–Kier alpha value is -4.36. The largest absolute Gasteiger partial charge is 0.380 e. The highest BCUT2D eigenvalue weighted by molar-refractivity contribution is 7.09. The summed E-state index contributed by atoms with van der Waals surface area (Å²) in [6.45, 7) is 2.62. The lowest BCUT2D eigenvalue weighted by atomic mass is 9.73. The summed E-state index contributed by atoms with van der Waals surface area (Å²) in [5.74, 6) is -5.57. The van der Waals surface area contributed by atoms with Crippen LogP contribution in [0.3, 0.4) is 0 Å². The molecule has 0 unspecified atom stereocenters. The number of Topliss-reactive ketones (excluding diaryl/α,β-unsaturated/α-hetero) is 1. The van der Waals surface area contributed by atoms with E-state index in [0.717, 1.165) is 40.3 Å². The first-order chi connectivity index (χ1) is 21.0. The predicted molar refractivity (Wildman–Crippen MR) is 156 cm³/mol. The van der Waals surface area contributed by atoms with E-state index in [-0.39, 0.29) is 23.1 Å². The van der Waals surface area contributed by atoms with Crippen LogP contribution in [-0.2, 0) is 34.6 Å². The van der Waals surface area contributed by atoms with Crippen LogP contribution in [0.4, 0.5) is 18.9 Å². The number of alkyl halides is 2. The molecule has 1 fully saturated rings. The highest BCUT2D eigenvalue weighted by Gasteiger charge is 2.60. The fourth-order valence-electron chi connectivity index (χ4n) is 6.19. The summed E-state index contributed by atoms with van der Waals surface area (Å²) in [7, 11) is 1.47. The number of benzene rings is 2. The third-order valence-electron chi connectivity index (χ3n) is 8.11. The van der Waals surface area contributed by atoms with Crippen LogP contribution in [0.2, 0.25) is 0 Å². The topological polar surface area (TPSA) is 115 Å². The van der Waals surface area contributed by atoms with Crippen molar-refractivity contribution in [3.05, 3.63) is 86.7 Å². The number of amides is 2. The number of methoxy groups -OCH3 is 1. The van der Waals surface area contributed by atoms with Crippen LogP contribution in [0.5, 0.6) is 0 Å². The Bertz CT molecular complexity index is 1760. The van der Waals surface area contributed by atoms with Gasteiger partial charge in [0.1, 0.15) is 21.9 Å². The molecule has 2 aromatic heterocycles. The van der Waals surface area contributed by atoms with E-state index >= 15 is 0 Å². The van der Waals surface area contributed by atoms with Crippen molar-refractivity contribution in [2.45, 2.75) is 57.2 Å². The van der Waals surface area contributed by atoms with Crippen molar-refractivity contribution >= 4 is 34.6 Å². The zero-order chi connectivity index (χ0) is 31.2. The quantitative estimate of drug-likeness (QED) is 0.190. The fraction of sp³-hybridized carbons (Fsp3) is 0.323. The number of carbonyl (C=O) groups excluding carboxylic acids is 3. The van der Waals surface area contributed by atoms with Gasteiger partial charge >= 0.3 is 0 Å². The van der Waals surface area contributed by atoms with Gasteiger partial charge in [-0.05, 0) is 49.1 Å². The van der Waals surface area contributed by atoms with Gasteiger partial charge in [0, 0.05) is 49.0 Å². The van der Waals surface area contributed by atoms with Crippen molar-refractivity contribution in [2.75, 3.05) is 12.4 Å². The molecule has 2 aliphatic rings. The van der Waals surface area contributed by atoms with Crippen LogP contribution in [0.15, 0.2) is 48.0 Å². The second-order valence-electron chi connectivity index (χ2n) is 11.1. The van der Waals surface area contributed by atoms with E-state index in [0.29, 0.717) is 29.8 Å². The zero-order valence-electron chi connectivity index (χ0n) is 23.9. The van der Waals surface area contributed by atoms with E-state index in [2.05, 4.69) is 25.4 Å². The molecule has 2 aromatic carbocycles. The number of carbonyl (C=O) groups is 3. The Morgan fingerprint density at radius 1 is 1.11 bits per heavy atom. The maximum Gasteiger partial charge on any atom is 0.293 e. The summed E-state index contributed by atoms with van der Waals surface area (Å²) in [6, 6.07) is 10.7. The zero-order valence-corrected chi connectivity index (χ0v) is 24.7. The molecule has 0 radical (unpaired) electrons. The van der Waals surface area contributed by atoms with E-state index in [4.69, 9.17) is 4.74 Å². The molecule has 4 aromatic rings. The number of anilines is 1. The molecule has 2 N–H and O–H groups in total.